The van der Waals surface area contributed by atoms with E-state index in [1.54, 1.807) is 42.5 Å². The van der Waals surface area contributed by atoms with Gasteiger partial charge in [0, 0.05) is 107 Å². The highest BCUT2D eigenvalue weighted by Crippen LogP contribution is 2.44. The van der Waals surface area contributed by atoms with Crippen LogP contribution in [0.15, 0.2) is 194 Å². The number of nitrogens with zero attached hydrogens (tertiary/aromatic N) is 12. The van der Waals surface area contributed by atoms with E-state index < -0.39 is 41.6 Å². The SMILES string of the molecule is CCN(CC)CCCNC(=O)c1cc(N=NC2C(=O)Cc3ccccc3C2=O)cc(C(=O)NCCCN(CC)CC)c1.CCN(CC)CCCNC(=O)c1cc(N=Nc2c(O)c(-c3ccccc3)cc3ccccc23)cc(C(=O)NCCCN(CC)CC)c1.CCN(CC)CCCNC(=O)c1cc(NC(=O)c2ccc(N=NC3C(=O)NC(=O)NC3=O)cc2)cc(C(=O)NCCCN(CC)CC)c1.N=O. The van der Waals surface area contributed by atoms with Crippen molar-refractivity contribution >= 4 is 110 Å². The second-order valence-corrected chi connectivity index (χ2v) is 32.8. The quantitative estimate of drug-likeness (QED) is 0.00730. The van der Waals surface area contributed by atoms with Gasteiger partial charge in [-0.1, -0.05) is 168 Å². The number of hydrogen-bond donors (Lipinski definition) is 11. The average molecular weight is 1910 g/mol. The molecule has 1 aliphatic carbocycles. The van der Waals surface area contributed by atoms with Crippen LogP contribution in [0.5, 0.6) is 5.75 Å². The first-order valence-electron chi connectivity index (χ1n) is 48.2. The lowest BCUT2D eigenvalue weighted by atomic mass is 9.87. The van der Waals surface area contributed by atoms with Gasteiger partial charge in [-0.2, -0.15) is 30.5 Å². The number of imide groups is 2. The van der Waals surface area contributed by atoms with E-state index in [2.05, 4.69) is 186 Å². The molecule has 744 valence electrons. The van der Waals surface area contributed by atoms with Crippen LogP contribution in [0, 0.1) is 10.5 Å². The van der Waals surface area contributed by atoms with Gasteiger partial charge < -0.3 is 71.7 Å². The Morgan fingerprint density at radius 3 is 1.08 bits per heavy atom. The van der Waals surface area contributed by atoms with Gasteiger partial charge in [0.15, 0.2) is 23.4 Å². The molecule has 36 nitrogen and oxygen atoms in total. The number of Topliss-reactive ketones (excluding diaryl/α,β-unsaturated/α-hetero) is 2. The van der Waals surface area contributed by atoms with E-state index in [0.717, 1.165) is 173 Å². The van der Waals surface area contributed by atoms with Crippen LogP contribution in [0.1, 0.15) is 210 Å². The van der Waals surface area contributed by atoms with E-state index in [1.165, 1.54) is 60.7 Å². The maximum atomic E-state index is 13.3. The molecule has 0 radical (unpaired) electrons. The summed E-state index contributed by atoms with van der Waals surface area (Å²) in [6.45, 7) is 44.7. The number of nitrogens with one attached hydrogen (secondary N) is 10. The average Bonchev–Trinajstić information content (AvgIpc) is 0.756. The molecule has 0 bridgehead atoms. The van der Waals surface area contributed by atoms with Crippen molar-refractivity contribution in [2.45, 2.75) is 140 Å². The van der Waals surface area contributed by atoms with Crippen molar-refractivity contribution in [1.29, 1.82) is 5.59 Å². The van der Waals surface area contributed by atoms with Crippen molar-refractivity contribution in [3.05, 3.63) is 219 Å². The fourth-order valence-electron chi connectivity index (χ4n) is 15.4. The summed E-state index contributed by atoms with van der Waals surface area (Å²) < 4.78 is 0. The number of benzene rings is 8. The maximum Gasteiger partial charge on any atom is 0.328 e. The molecule has 10 rings (SSSR count). The molecule has 139 heavy (non-hydrogen) atoms. The highest BCUT2D eigenvalue weighted by Gasteiger charge is 2.36. The van der Waals surface area contributed by atoms with Crippen molar-refractivity contribution in [3.8, 4) is 16.9 Å². The van der Waals surface area contributed by atoms with Gasteiger partial charge in [0.25, 0.3) is 53.2 Å². The normalized spacial score (nSPS) is 13.1. The first kappa shape index (κ1) is 112. The Hall–Kier alpha value is -13.8. The molecule has 0 aromatic heterocycles. The molecule has 1 heterocycles. The first-order chi connectivity index (χ1) is 67.3. The molecule has 1 fully saturated rings. The van der Waals surface area contributed by atoms with Gasteiger partial charge >= 0.3 is 6.03 Å². The van der Waals surface area contributed by atoms with Crippen LogP contribution in [0.25, 0.3) is 21.9 Å². The van der Waals surface area contributed by atoms with Gasteiger partial charge in [-0.05, 0) is 258 Å². The number of amides is 11. The summed E-state index contributed by atoms with van der Waals surface area (Å²) in [6.07, 6.45) is 4.84. The minimum atomic E-state index is -1.52. The number of carbonyl (C=O) groups is 12. The zero-order valence-electron chi connectivity index (χ0n) is 82.3. The third kappa shape index (κ3) is 35.9. The van der Waals surface area contributed by atoms with E-state index in [9.17, 15) is 62.6 Å². The van der Waals surface area contributed by atoms with Crippen LogP contribution in [-0.4, -0.2) is 274 Å². The van der Waals surface area contributed by atoms with Crippen LogP contribution >= 0.6 is 0 Å². The Bertz CT molecular complexity index is 5310. The molecule has 8 aromatic rings. The Labute approximate surface area is 814 Å². The summed E-state index contributed by atoms with van der Waals surface area (Å²) in [5.41, 5.74) is 10.4. The van der Waals surface area contributed by atoms with Crippen molar-refractivity contribution in [2.24, 2.45) is 30.7 Å². The number of barbiturate groups is 1. The number of phenolic OH excluding ortho intramolecular Hbond substituents is 1. The molecule has 11 amide bonds. The summed E-state index contributed by atoms with van der Waals surface area (Å²) in [6, 6.07) is 42.3. The Kier molecular flexibility index (Phi) is 49.0. The van der Waals surface area contributed by atoms with Crippen molar-refractivity contribution in [1.82, 2.24) is 71.9 Å². The van der Waals surface area contributed by atoms with E-state index >= 15 is 0 Å². The fourth-order valence-corrected chi connectivity index (χ4v) is 15.4. The van der Waals surface area contributed by atoms with Gasteiger partial charge in [0.2, 0.25) is 6.04 Å². The van der Waals surface area contributed by atoms with E-state index in [4.69, 9.17) is 4.91 Å². The van der Waals surface area contributed by atoms with Gasteiger partial charge in [-0.3, -0.25) is 63.4 Å². The molecule has 0 saturated carbocycles. The van der Waals surface area contributed by atoms with Gasteiger partial charge in [-0.25, -0.2) is 4.79 Å². The van der Waals surface area contributed by atoms with Crippen molar-refractivity contribution < 1.29 is 62.6 Å². The molecule has 11 N–H and O–H groups in total. The number of aromatic hydroxyl groups is 1. The number of fused-ring (bicyclic) bond motifs is 2. The molecular weight excluding hydrogens is 1770 g/mol. The lowest BCUT2D eigenvalue weighted by Crippen LogP contribution is -2.57. The van der Waals surface area contributed by atoms with E-state index in [1.807, 2.05) is 71.3 Å². The Morgan fingerprint density at radius 2 is 0.691 bits per heavy atom. The predicted octanol–water partition coefficient (Wildman–Crippen LogP) is 14.6. The zero-order chi connectivity index (χ0) is 101. The first-order valence-corrected chi connectivity index (χ1v) is 48.2. The van der Waals surface area contributed by atoms with Crippen LogP contribution in [0.2, 0.25) is 0 Å². The van der Waals surface area contributed by atoms with Crippen LogP contribution in [-0.2, 0) is 20.8 Å². The fraction of sp³-hybridized carbons (Fsp3) is 0.437. The van der Waals surface area contributed by atoms with Crippen LogP contribution in [0.3, 0.4) is 0 Å². The maximum absolute atomic E-state index is 13.3. The highest BCUT2D eigenvalue weighted by molar-refractivity contribution is 6.20. The predicted molar refractivity (Wildman–Crippen MR) is 541 cm³/mol. The Balaban J connectivity index is 0.000000282. The highest BCUT2D eigenvalue weighted by atomic mass is 16.3. The van der Waals surface area contributed by atoms with E-state index in [0.29, 0.717) is 78.5 Å². The largest absolute Gasteiger partial charge is 0.505 e. The smallest absolute Gasteiger partial charge is 0.328 e. The molecule has 1 aliphatic heterocycles. The number of phenols is 1. The number of rotatable bonds is 51. The third-order valence-electron chi connectivity index (χ3n) is 23.8. The lowest BCUT2D eigenvalue weighted by molar-refractivity contribution is -0.132. The second-order valence-electron chi connectivity index (χ2n) is 32.8. The molecule has 8 aromatic carbocycles. The standard InChI is InChI=1S/C38H48N6O3.C33H45N9O6.C32H44N6O4.HNO/c1-5-43(6-2)22-14-20-39-37(46)30-24-31(38(47)40-21-15-23-44(7-3)8-4)26-32(25-30)41-42-35-33-19-13-12-18-29(33)27-34(36(35)45)28-16-10-9-11-17-28;1-5-41(6-2)17-9-15-34-28(43)23-19-24(29(44)35-16-10-18-42(7-3)8-4)21-26(20-23)36-30(45)22-11-13-25(14-12-22)39-40-27-31(46)37-33(48)38-32(27)47;1-5-37(6-2)17-11-15-33-31(41)24-19-25(32(42)34-16-12-18-38(7-3)8-4)21-26(20-24)35-36-29-28(39)22-23-13-9-10-14-27(23)30(29)40;1-2/h9-13,16-19,24-27,45H,5-8,14-15,20-23H2,1-4H3,(H,39,46)(H,40,47);11-14,19-21,27H,5-10,15-18H2,1-4H3,(H,34,43)(H,35,44)(H,36,45)(H2,37,38,46,47,48);9-10,13-14,19-21,29H,5-8,11-12,15-18,22H2,1-4H3,(H,33,41)(H,34,42);1H. The molecule has 36 heteroatoms. The second kappa shape index (κ2) is 60.7. The number of ketones is 2. The number of azo groups is 3. The summed E-state index contributed by atoms with van der Waals surface area (Å²) in [4.78, 5) is 174. The Morgan fingerprint density at radius 1 is 0.353 bits per heavy atom. The van der Waals surface area contributed by atoms with Gasteiger partial charge in [0.05, 0.1) is 17.1 Å². The summed E-state index contributed by atoms with van der Waals surface area (Å²) in [7, 11) is 0. The summed E-state index contributed by atoms with van der Waals surface area (Å²) in [5, 5.41) is 62.2. The number of carbonyl (C=O) groups excluding carboxylic acids is 12. The van der Waals surface area contributed by atoms with Crippen molar-refractivity contribution in [2.75, 3.05) is 162 Å². The van der Waals surface area contributed by atoms with Crippen LogP contribution < -0.4 is 47.9 Å². The van der Waals surface area contributed by atoms with Crippen LogP contribution in [0.4, 0.5) is 33.2 Å². The summed E-state index contributed by atoms with van der Waals surface area (Å²) in [5.74, 6) is -4.98. The number of nitroso groups, excluding NO2 is 1. The topological polar surface area (TPSA) is 468 Å². The molecular formula is C103H138N22O14. The molecule has 1 saturated heterocycles. The number of anilines is 1. The minimum Gasteiger partial charge on any atom is -0.505 e. The number of hydrogen-bond acceptors (Lipinski definition) is 27. The van der Waals surface area contributed by atoms with Gasteiger partial charge in [-0.15, -0.1) is 5.11 Å². The minimum absolute atomic E-state index is 0.00641. The van der Waals surface area contributed by atoms with Crippen molar-refractivity contribution in [3.63, 3.8) is 0 Å². The monoisotopic (exact) mass is 1910 g/mol. The molecule has 0 spiro atoms. The summed E-state index contributed by atoms with van der Waals surface area (Å²) >= 11 is 0. The lowest BCUT2D eigenvalue weighted by Gasteiger charge is -2.18. The zero-order valence-corrected chi connectivity index (χ0v) is 82.3. The molecule has 1 atom stereocenters. The molecule has 1 unspecified atom stereocenters. The third-order valence-corrected chi connectivity index (χ3v) is 23.8. The van der Waals surface area contributed by atoms with Gasteiger partial charge in [0.1, 0.15) is 5.69 Å². The number of urea groups is 1. The molecule has 2 aliphatic rings. The van der Waals surface area contributed by atoms with E-state index in [-0.39, 0.29) is 98.3 Å².